The fourth-order valence-electron chi connectivity index (χ4n) is 2.88. The second-order valence-corrected chi connectivity index (χ2v) is 5.00. The molecule has 16 heavy (non-hydrogen) atoms. The number of fused-ring (bicyclic) bond motifs is 1. The summed E-state index contributed by atoms with van der Waals surface area (Å²) in [6.07, 6.45) is 1.28. The molecule has 0 aromatic heterocycles. The first-order chi connectivity index (χ1) is 7.88. The molecule has 2 aliphatic rings. The number of benzene rings is 1. The Morgan fingerprint density at radius 3 is 2.75 bits per heavy atom. The summed E-state index contributed by atoms with van der Waals surface area (Å²) in [4.78, 5) is 2.64. The van der Waals surface area contributed by atoms with E-state index in [9.17, 15) is 0 Å². The van der Waals surface area contributed by atoms with Crippen LogP contribution in [0.5, 0.6) is 0 Å². The number of hydrogen-bond donors (Lipinski definition) is 1. The zero-order valence-electron chi connectivity index (χ0n) is 9.95. The lowest BCUT2D eigenvalue weighted by Gasteiger charge is -2.42. The zero-order valence-corrected chi connectivity index (χ0v) is 9.95. The third-order valence-corrected chi connectivity index (χ3v) is 4.10. The first-order valence-corrected chi connectivity index (χ1v) is 6.41. The van der Waals surface area contributed by atoms with Crippen molar-refractivity contribution in [1.82, 2.24) is 10.2 Å². The summed E-state index contributed by atoms with van der Waals surface area (Å²) in [7, 11) is 0. The van der Waals surface area contributed by atoms with Crippen LogP contribution in [0.2, 0.25) is 0 Å². The molecule has 1 aromatic rings. The predicted octanol–water partition coefficient (Wildman–Crippen LogP) is 1.62. The van der Waals surface area contributed by atoms with Crippen LogP contribution in [0, 0.1) is 0 Å². The lowest BCUT2D eigenvalue weighted by atomic mass is 9.77. The largest absolute Gasteiger partial charge is 0.314 e. The van der Waals surface area contributed by atoms with Crippen LogP contribution in [0.15, 0.2) is 24.3 Å². The summed E-state index contributed by atoms with van der Waals surface area (Å²) in [5.74, 6) is 0.789. The fraction of sp³-hybridized carbons (Fsp3) is 0.571. The smallest absolute Gasteiger partial charge is 0.0345 e. The predicted molar refractivity (Wildman–Crippen MR) is 66.8 cm³/mol. The average Bonchev–Trinajstić information content (AvgIpc) is 2.21. The molecule has 0 saturated carbocycles. The molecule has 1 saturated heterocycles. The van der Waals surface area contributed by atoms with Gasteiger partial charge in [-0.15, -0.1) is 0 Å². The van der Waals surface area contributed by atoms with Gasteiger partial charge in [0.25, 0.3) is 0 Å². The molecule has 2 heteroatoms. The van der Waals surface area contributed by atoms with Gasteiger partial charge in [0.2, 0.25) is 0 Å². The molecule has 1 aliphatic heterocycles. The van der Waals surface area contributed by atoms with Crippen molar-refractivity contribution in [2.24, 2.45) is 0 Å². The molecule has 2 nitrogen and oxygen atoms in total. The molecule has 86 valence electrons. The summed E-state index contributed by atoms with van der Waals surface area (Å²) in [5.41, 5.74) is 3.16. The van der Waals surface area contributed by atoms with Gasteiger partial charge in [0.05, 0.1) is 0 Å². The van der Waals surface area contributed by atoms with E-state index < -0.39 is 0 Å². The molecule has 1 atom stereocenters. The molecule has 1 aromatic carbocycles. The monoisotopic (exact) mass is 216 g/mol. The highest BCUT2D eigenvalue weighted by Crippen LogP contribution is 2.35. The van der Waals surface area contributed by atoms with Crippen LogP contribution >= 0.6 is 0 Å². The third-order valence-electron chi connectivity index (χ3n) is 4.10. The summed E-state index contributed by atoms with van der Waals surface area (Å²) in [5, 5.41) is 3.36. The lowest BCUT2D eigenvalue weighted by Crippen LogP contribution is -2.58. The third kappa shape index (κ3) is 1.66. The van der Waals surface area contributed by atoms with Crippen molar-refractivity contribution in [2.45, 2.75) is 25.3 Å². The maximum Gasteiger partial charge on any atom is 0.0345 e. The number of hydrogen-bond acceptors (Lipinski definition) is 2. The van der Waals surface area contributed by atoms with Crippen molar-refractivity contribution >= 4 is 0 Å². The lowest BCUT2D eigenvalue weighted by molar-refractivity contribution is 0.140. The van der Waals surface area contributed by atoms with E-state index >= 15 is 0 Å². The van der Waals surface area contributed by atoms with E-state index in [0.29, 0.717) is 0 Å². The van der Waals surface area contributed by atoms with Crippen LogP contribution in [0.4, 0.5) is 0 Å². The van der Waals surface area contributed by atoms with E-state index in [1.807, 2.05) is 0 Å². The average molecular weight is 216 g/mol. The summed E-state index contributed by atoms with van der Waals surface area (Å²) in [6.45, 7) is 7.08. The van der Waals surface area contributed by atoms with Crippen molar-refractivity contribution in [3.05, 3.63) is 35.4 Å². The minimum atomic E-state index is 0.789. The molecule has 1 fully saturated rings. The first-order valence-electron chi connectivity index (χ1n) is 6.41. The Balaban J connectivity index is 1.64. The van der Waals surface area contributed by atoms with Gasteiger partial charge >= 0.3 is 0 Å². The highest BCUT2D eigenvalue weighted by molar-refractivity contribution is 5.40. The van der Waals surface area contributed by atoms with Gasteiger partial charge in [-0.05, 0) is 24.1 Å². The summed E-state index contributed by atoms with van der Waals surface area (Å²) in [6, 6.07) is 9.69. The van der Waals surface area contributed by atoms with Crippen LogP contribution in [0.1, 0.15) is 24.0 Å². The Morgan fingerprint density at radius 2 is 2.12 bits per heavy atom. The standard InChI is InChI=1S/C14H20N2/c1-2-16(13-8-15-9-13)10-12-7-11-5-3-4-6-14(11)12/h3-6,12-13,15H,2,7-10H2,1H3. The number of nitrogens with one attached hydrogen (secondary N) is 1. The zero-order chi connectivity index (χ0) is 11.0. The van der Waals surface area contributed by atoms with E-state index in [1.54, 1.807) is 11.1 Å². The molecular weight excluding hydrogens is 196 g/mol. The van der Waals surface area contributed by atoms with Crippen LogP contribution in [-0.2, 0) is 6.42 Å². The van der Waals surface area contributed by atoms with Crippen LogP contribution < -0.4 is 5.32 Å². The van der Waals surface area contributed by atoms with Gasteiger partial charge in [-0.3, -0.25) is 4.90 Å². The van der Waals surface area contributed by atoms with E-state index in [0.717, 1.165) is 12.0 Å². The van der Waals surface area contributed by atoms with Crippen molar-refractivity contribution < 1.29 is 0 Å². The van der Waals surface area contributed by atoms with Crippen molar-refractivity contribution in [2.75, 3.05) is 26.2 Å². The molecule has 1 heterocycles. The van der Waals surface area contributed by atoms with Crippen molar-refractivity contribution in [3.63, 3.8) is 0 Å². The van der Waals surface area contributed by atoms with E-state index in [-0.39, 0.29) is 0 Å². The van der Waals surface area contributed by atoms with Crippen LogP contribution in [-0.4, -0.2) is 37.1 Å². The van der Waals surface area contributed by atoms with E-state index in [1.165, 1.54) is 32.6 Å². The van der Waals surface area contributed by atoms with Gasteiger partial charge in [-0.25, -0.2) is 0 Å². The van der Waals surface area contributed by atoms with Crippen molar-refractivity contribution in [1.29, 1.82) is 0 Å². The van der Waals surface area contributed by atoms with Gasteiger partial charge in [0, 0.05) is 31.6 Å². The maximum atomic E-state index is 3.36. The van der Waals surface area contributed by atoms with E-state index in [4.69, 9.17) is 0 Å². The molecular formula is C14H20N2. The summed E-state index contributed by atoms with van der Waals surface area (Å²) < 4.78 is 0. The Hall–Kier alpha value is -0.860. The minimum absolute atomic E-state index is 0.789. The first kappa shape index (κ1) is 10.3. The minimum Gasteiger partial charge on any atom is -0.314 e. The molecule has 1 N–H and O–H groups in total. The summed E-state index contributed by atoms with van der Waals surface area (Å²) >= 11 is 0. The Labute approximate surface area is 97.6 Å². The Bertz CT molecular complexity index is 371. The topological polar surface area (TPSA) is 15.3 Å². The molecule has 0 radical (unpaired) electrons. The van der Waals surface area contributed by atoms with Crippen LogP contribution in [0.3, 0.4) is 0 Å². The van der Waals surface area contributed by atoms with E-state index in [2.05, 4.69) is 41.4 Å². The number of rotatable bonds is 4. The number of nitrogens with zero attached hydrogens (tertiary/aromatic N) is 1. The molecule has 0 spiro atoms. The Kier molecular flexibility index (Phi) is 2.70. The van der Waals surface area contributed by atoms with Gasteiger partial charge in [-0.1, -0.05) is 31.2 Å². The molecule has 0 bridgehead atoms. The Morgan fingerprint density at radius 1 is 1.31 bits per heavy atom. The molecule has 1 unspecified atom stereocenters. The van der Waals surface area contributed by atoms with Gasteiger partial charge in [0.15, 0.2) is 0 Å². The normalized spacial score (nSPS) is 23.8. The highest BCUT2D eigenvalue weighted by atomic mass is 15.2. The fourth-order valence-corrected chi connectivity index (χ4v) is 2.88. The van der Waals surface area contributed by atoms with Crippen LogP contribution in [0.25, 0.3) is 0 Å². The number of likely N-dealkylation sites (N-methyl/N-ethyl adjacent to an activating group) is 1. The van der Waals surface area contributed by atoms with Crippen molar-refractivity contribution in [3.8, 4) is 0 Å². The maximum absolute atomic E-state index is 3.36. The second kappa shape index (κ2) is 4.19. The quantitative estimate of drug-likeness (QED) is 0.823. The molecule has 1 aliphatic carbocycles. The van der Waals surface area contributed by atoms with Gasteiger partial charge in [-0.2, -0.15) is 0 Å². The highest BCUT2D eigenvalue weighted by Gasteiger charge is 2.30. The second-order valence-electron chi connectivity index (χ2n) is 5.00. The van der Waals surface area contributed by atoms with Gasteiger partial charge < -0.3 is 5.32 Å². The SMILES string of the molecule is CCN(CC1Cc2ccccc21)C1CNC1. The van der Waals surface area contributed by atoms with Gasteiger partial charge in [0.1, 0.15) is 0 Å². The molecule has 0 amide bonds. The molecule has 3 rings (SSSR count).